The molecule has 0 saturated heterocycles. The van der Waals surface area contributed by atoms with E-state index in [4.69, 9.17) is 10.3 Å². The molecule has 0 aliphatic heterocycles. The van der Waals surface area contributed by atoms with E-state index in [1.54, 1.807) is 0 Å². The van der Waals surface area contributed by atoms with E-state index in [9.17, 15) is 13.8 Å². The van der Waals surface area contributed by atoms with Gasteiger partial charge in [0, 0.05) is 0 Å². The van der Waals surface area contributed by atoms with Crippen LogP contribution in [0.2, 0.25) is 0 Å². The molecule has 0 aliphatic rings. The summed E-state index contributed by atoms with van der Waals surface area (Å²) in [6.45, 7) is 3.11. The predicted molar refractivity (Wildman–Crippen MR) is 50.6 cm³/mol. The Hall–Kier alpha value is -1.25. The third-order valence-corrected chi connectivity index (χ3v) is 1.72. The molecule has 8 heteroatoms. The SMILES string of the molecule is C=COC(=O)C(N)OC(=O)CCS(=O)O. The van der Waals surface area contributed by atoms with E-state index in [1.807, 2.05) is 0 Å². The fourth-order valence-electron chi connectivity index (χ4n) is 0.568. The first-order valence-electron chi connectivity index (χ1n) is 3.81. The number of hydrogen-bond donors (Lipinski definition) is 2. The van der Waals surface area contributed by atoms with E-state index < -0.39 is 29.2 Å². The maximum absolute atomic E-state index is 10.9. The highest BCUT2D eigenvalue weighted by atomic mass is 32.2. The van der Waals surface area contributed by atoms with Crippen LogP contribution in [0.25, 0.3) is 0 Å². The Morgan fingerprint density at radius 1 is 1.60 bits per heavy atom. The van der Waals surface area contributed by atoms with Crippen LogP contribution in [0.1, 0.15) is 6.42 Å². The lowest BCUT2D eigenvalue weighted by Crippen LogP contribution is -2.36. The molecule has 86 valence electrons. The Balaban J connectivity index is 3.90. The highest BCUT2D eigenvalue weighted by Crippen LogP contribution is 1.94. The minimum atomic E-state index is -2.09. The molecule has 0 fully saturated rings. The van der Waals surface area contributed by atoms with Crippen molar-refractivity contribution in [2.75, 3.05) is 5.75 Å². The van der Waals surface area contributed by atoms with Gasteiger partial charge in [-0.25, -0.2) is 9.00 Å². The molecule has 0 aliphatic carbocycles. The van der Waals surface area contributed by atoms with E-state index in [-0.39, 0.29) is 12.2 Å². The van der Waals surface area contributed by atoms with Crippen molar-refractivity contribution in [2.24, 2.45) is 5.73 Å². The predicted octanol–water partition coefficient (Wildman–Crippen LogP) is -0.887. The summed E-state index contributed by atoms with van der Waals surface area (Å²) in [6, 6.07) is 0. The van der Waals surface area contributed by atoms with Crippen LogP contribution in [-0.2, 0) is 30.1 Å². The number of esters is 2. The van der Waals surface area contributed by atoms with Crippen LogP contribution in [0.3, 0.4) is 0 Å². The van der Waals surface area contributed by atoms with Gasteiger partial charge in [0.05, 0.1) is 18.4 Å². The lowest BCUT2D eigenvalue weighted by molar-refractivity contribution is -0.163. The van der Waals surface area contributed by atoms with Crippen LogP contribution in [-0.4, -0.2) is 32.7 Å². The summed E-state index contributed by atoms with van der Waals surface area (Å²) in [4.78, 5) is 21.7. The van der Waals surface area contributed by atoms with Gasteiger partial charge in [0.2, 0.25) is 6.23 Å². The van der Waals surface area contributed by atoms with Gasteiger partial charge in [-0.2, -0.15) is 0 Å². The quantitative estimate of drug-likeness (QED) is 0.266. The lowest BCUT2D eigenvalue weighted by Gasteiger charge is -2.09. The van der Waals surface area contributed by atoms with Crippen molar-refractivity contribution in [1.82, 2.24) is 0 Å². The topological polar surface area (TPSA) is 116 Å². The second-order valence-corrected chi connectivity index (χ2v) is 3.34. The van der Waals surface area contributed by atoms with Crippen molar-refractivity contribution in [3.05, 3.63) is 12.8 Å². The molecule has 0 bridgehead atoms. The van der Waals surface area contributed by atoms with Gasteiger partial charge in [0.25, 0.3) is 0 Å². The molecule has 0 radical (unpaired) electrons. The third kappa shape index (κ3) is 6.77. The van der Waals surface area contributed by atoms with Crippen LogP contribution < -0.4 is 5.73 Å². The van der Waals surface area contributed by atoms with Crippen LogP contribution in [0, 0.1) is 0 Å². The largest absolute Gasteiger partial charge is 0.435 e. The first-order chi connectivity index (χ1) is 6.97. The van der Waals surface area contributed by atoms with E-state index in [0.717, 1.165) is 6.26 Å². The van der Waals surface area contributed by atoms with Crippen molar-refractivity contribution in [1.29, 1.82) is 0 Å². The van der Waals surface area contributed by atoms with Gasteiger partial charge in [-0.05, 0) is 0 Å². The number of rotatable bonds is 6. The summed E-state index contributed by atoms with van der Waals surface area (Å²) in [5.74, 6) is -2.10. The second kappa shape index (κ2) is 7.10. The van der Waals surface area contributed by atoms with E-state index in [1.165, 1.54) is 0 Å². The van der Waals surface area contributed by atoms with Gasteiger partial charge >= 0.3 is 11.9 Å². The van der Waals surface area contributed by atoms with Crippen molar-refractivity contribution >= 4 is 23.0 Å². The number of hydrogen-bond acceptors (Lipinski definition) is 6. The molecule has 3 N–H and O–H groups in total. The summed E-state index contributed by atoms with van der Waals surface area (Å²) in [5.41, 5.74) is 5.11. The lowest BCUT2D eigenvalue weighted by atomic mass is 10.5. The summed E-state index contributed by atoms with van der Waals surface area (Å²) in [5, 5.41) is 0. The molecule has 2 unspecified atom stereocenters. The van der Waals surface area contributed by atoms with Gasteiger partial charge in [-0.3, -0.25) is 10.5 Å². The third-order valence-electron chi connectivity index (χ3n) is 1.17. The van der Waals surface area contributed by atoms with Gasteiger partial charge in [-0.15, -0.1) is 0 Å². The molecule has 0 amide bonds. The Morgan fingerprint density at radius 2 is 2.20 bits per heavy atom. The summed E-state index contributed by atoms with van der Waals surface area (Å²) in [6.07, 6.45) is -1.01. The summed E-state index contributed by atoms with van der Waals surface area (Å²) < 4.78 is 27.2. The molecule has 0 saturated carbocycles. The zero-order valence-electron chi connectivity index (χ0n) is 7.75. The van der Waals surface area contributed by atoms with Crippen molar-refractivity contribution < 1.29 is 27.8 Å². The van der Waals surface area contributed by atoms with Gasteiger partial charge in [0.1, 0.15) is 0 Å². The summed E-state index contributed by atoms with van der Waals surface area (Å²) >= 11 is -2.09. The molecule has 2 atom stereocenters. The average Bonchev–Trinajstić information content (AvgIpc) is 2.15. The van der Waals surface area contributed by atoms with Crippen LogP contribution in [0.5, 0.6) is 0 Å². The molecule has 0 rings (SSSR count). The molecular formula is C7H11NO6S. The molecule has 0 spiro atoms. The van der Waals surface area contributed by atoms with Crippen molar-refractivity contribution in [3.63, 3.8) is 0 Å². The number of carbonyl (C=O) groups excluding carboxylic acids is 2. The highest BCUT2D eigenvalue weighted by Gasteiger charge is 2.19. The minimum Gasteiger partial charge on any atom is -0.435 e. The average molecular weight is 237 g/mol. The zero-order chi connectivity index (χ0) is 11.8. The molecule has 0 aromatic heterocycles. The fraction of sp³-hybridized carbons (Fsp3) is 0.429. The Labute approximate surface area is 88.5 Å². The van der Waals surface area contributed by atoms with Gasteiger partial charge in [-0.1, -0.05) is 6.58 Å². The number of nitrogens with two attached hydrogens (primary N) is 1. The van der Waals surface area contributed by atoms with E-state index >= 15 is 0 Å². The molecule has 15 heavy (non-hydrogen) atoms. The standard InChI is InChI=1S/C7H11NO6S/c1-2-13-7(10)6(8)14-5(9)3-4-15(11)12/h2,6H,1,3-4,8H2,(H,11,12). The smallest absolute Gasteiger partial charge is 0.367 e. The summed E-state index contributed by atoms with van der Waals surface area (Å²) in [7, 11) is 0. The molecular weight excluding hydrogens is 226 g/mol. The Morgan fingerprint density at radius 3 is 2.67 bits per heavy atom. The Bertz CT molecular complexity index is 279. The maximum atomic E-state index is 10.9. The monoisotopic (exact) mass is 237 g/mol. The van der Waals surface area contributed by atoms with Crippen LogP contribution >= 0.6 is 0 Å². The van der Waals surface area contributed by atoms with E-state index in [0.29, 0.717) is 0 Å². The molecule has 0 aromatic rings. The fourth-order valence-corrected chi connectivity index (χ4v) is 0.910. The van der Waals surface area contributed by atoms with Crippen molar-refractivity contribution in [3.8, 4) is 0 Å². The Kier molecular flexibility index (Phi) is 6.50. The first-order valence-corrected chi connectivity index (χ1v) is 5.09. The van der Waals surface area contributed by atoms with Gasteiger partial charge < -0.3 is 14.0 Å². The second-order valence-electron chi connectivity index (χ2n) is 2.29. The number of carbonyl (C=O) groups is 2. The van der Waals surface area contributed by atoms with Crippen molar-refractivity contribution in [2.45, 2.75) is 12.6 Å². The highest BCUT2D eigenvalue weighted by molar-refractivity contribution is 7.79. The molecule has 0 heterocycles. The van der Waals surface area contributed by atoms with E-state index in [2.05, 4.69) is 16.1 Å². The van der Waals surface area contributed by atoms with Crippen LogP contribution in [0.15, 0.2) is 12.8 Å². The minimum absolute atomic E-state index is 0.276. The van der Waals surface area contributed by atoms with Gasteiger partial charge in [0.15, 0.2) is 11.1 Å². The zero-order valence-corrected chi connectivity index (χ0v) is 8.57. The number of ether oxygens (including phenoxy) is 2. The maximum Gasteiger partial charge on any atom is 0.367 e. The first kappa shape index (κ1) is 13.8. The van der Waals surface area contributed by atoms with Crippen LogP contribution in [0.4, 0.5) is 0 Å². The molecule has 7 nitrogen and oxygen atoms in total. The molecule has 0 aromatic carbocycles. The normalized spacial score (nSPS) is 13.7.